The van der Waals surface area contributed by atoms with E-state index >= 15 is 0 Å². The molecule has 3 heterocycles. The number of anilines is 1. The van der Waals surface area contributed by atoms with E-state index in [9.17, 15) is 4.79 Å². The molecule has 0 saturated heterocycles. The summed E-state index contributed by atoms with van der Waals surface area (Å²) in [6.07, 6.45) is 6.40. The smallest absolute Gasteiger partial charge is 0.277 e. The third kappa shape index (κ3) is 3.83. The molecule has 3 aromatic heterocycles. The van der Waals surface area contributed by atoms with Gasteiger partial charge in [0.05, 0.1) is 21.9 Å². The molecule has 0 spiro atoms. The molecule has 0 bridgehead atoms. The molecule has 10 heteroatoms. The number of amides is 1. The highest BCUT2D eigenvalue weighted by Crippen LogP contribution is 2.32. The number of halogens is 2. The molecule has 154 valence electrons. The van der Waals surface area contributed by atoms with Crippen LogP contribution in [-0.2, 0) is 7.05 Å². The largest absolute Gasteiger partial charge is 0.388 e. The SMILES string of the molecule is CCC(On1nc(C(=O)Nc2cnn(C)c2)c2ccccc21)c1c(Cl)cncc1Cl. The normalized spacial score (nSPS) is 12.1. The number of hydrogen-bond acceptors (Lipinski definition) is 5. The van der Waals surface area contributed by atoms with Crippen LogP contribution in [0, 0.1) is 0 Å². The summed E-state index contributed by atoms with van der Waals surface area (Å²) in [7, 11) is 1.77. The lowest BCUT2D eigenvalue weighted by molar-refractivity contribution is 0.0190. The van der Waals surface area contributed by atoms with Crippen molar-refractivity contribution in [2.24, 2.45) is 7.05 Å². The number of aryl methyl sites for hydroxylation is 1. The highest BCUT2D eigenvalue weighted by atomic mass is 35.5. The quantitative estimate of drug-likeness (QED) is 0.478. The zero-order chi connectivity index (χ0) is 21.3. The second-order valence-electron chi connectivity index (χ2n) is 6.61. The number of carbonyl (C=O) groups excluding carboxylic acids is 1. The van der Waals surface area contributed by atoms with Crippen molar-refractivity contribution in [1.82, 2.24) is 24.7 Å². The van der Waals surface area contributed by atoms with Gasteiger partial charge in [-0.3, -0.25) is 14.5 Å². The molecule has 4 aromatic rings. The van der Waals surface area contributed by atoms with E-state index < -0.39 is 6.10 Å². The molecule has 1 unspecified atom stereocenters. The van der Waals surface area contributed by atoms with Gasteiger partial charge in [0.1, 0.15) is 5.52 Å². The number of pyridine rings is 1. The summed E-state index contributed by atoms with van der Waals surface area (Å²) in [5.74, 6) is -0.366. The number of benzene rings is 1. The molecule has 0 aliphatic heterocycles. The summed E-state index contributed by atoms with van der Waals surface area (Å²) in [6, 6.07) is 7.32. The zero-order valence-electron chi connectivity index (χ0n) is 16.2. The fourth-order valence-corrected chi connectivity index (χ4v) is 3.75. The van der Waals surface area contributed by atoms with Crippen molar-refractivity contribution >= 4 is 45.7 Å². The van der Waals surface area contributed by atoms with E-state index in [-0.39, 0.29) is 11.6 Å². The van der Waals surface area contributed by atoms with Gasteiger partial charge in [0.2, 0.25) is 0 Å². The molecule has 1 amide bonds. The van der Waals surface area contributed by atoms with Crippen molar-refractivity contribution in [3.05, 3.63) is 70.4 Å². The highest BCUT2D eigenvalue weighted by molar-refractivity contribution is 6.35. The molecule has 0 radical (unpaired) electrons. The van der Waals surface area contributed by atoms with Crippen molar-refractivity contribution in [3.63, 3.8) is 0 Å². The number of aromatic nitrogens is 5. The van der Waals surface area contributed by atoms with Crippen molar-refractivity contribution in [2.75, 3.05) is 5.32 Å². The van der Waals surface area contributed by atoms with Crippen LogP contribution in [0.5, 0.6) is 0 Å². The maximum Gasteiger partial charge on any atom is 0.277 e. The fourth-order valence-electron chi connectivity index (χ4n) is 3.14. The summed E-state index contributed by atoms with van der Waals surface area (Å²) in [4.78, 5) is 24.3. The molecule has 0 saturated carbocycles. The summed E-state index contributed by atoms with van der Waals surface area (Å²) in [6.45, 7) is 1.94. The van der Waals surface area contributed by atoms with Crippen LogP contribution in [0.2, 0.25) is 10.0 Å². The van der Waals surface area contributed by atoms with Crippen LogP contribution in [0.1, 0.15) is 35.5 Å². The van der Waals surface area contributed by atoms with Crippen molar-refractivity contribution in [2.45, 2.75) is 19.4 Å². The number of nitrogens with one attached hydrogen (secondary N) is 1. The molecule has 0 fully saturated rings. The Hall–Kier alpha value is -3.10. The summed E-state index contributed by atoms with van der Waals surface area (Å²) in [5, 5.41) is 12.7. The molecule has 8 nitrogen and oxygen atoms in total. The first kappa shape index (κ1) is 20.2. The molecular weight excluding hydrogens is 427 g/mol. The van der Waals surface area contributed by atoms with Gasteiger partial charge < -0.3 is 10.2 Å². The van der Waals surface area contributed by atoms with Crippen LogP contribution in [0.25, 0.3) is 10.9 Å². The van der Waals surface area contributed by atoms with Crippen LogP contribution in [0.15, 0.2) is 49.1 Å². The summed E-state index contributed by atoms with van der Waals surface area (Å²) in [5.41, 5.74) is 2.07. The number of hydrogen-bond donors (Lipinski definition) is 1. The molecule has 4 rings (SSSR count). The van der Waals surface area contributed by atoms with E-state index in [1.165, 1.54) is 17.2 Å². The maximum atomic E-state index is 12.9. The van der Waals surface area contributed by atoms with E-state index in [1.54, 1.807) is 24.1 Å². The van der Waals surface area contributed by atoms with Gasteiger partial charge in [0, 0.05) is 36.6 Å². The van der Waals surface area contributed by atoms with Gasteiger partial charge in [-0.05, 0) is 12.5 Å². The lowest BCUT2D eigenvalue weighted by Crippen LogP contribution is -2.21. The Morgan fingerprint density at radius 2 is 1.93 bits per heavy atom. The van der Waals surface area contributed by atoms with Gasteiger partial charge >= 0.3 is 0 Å². The molecule has 0 aliphatic carbocycles. The summed E-state index contributed by atoms with van der Waals surface area (Å²) < 4.78 is 1.60. The molecule has 1 atom stereocenters. The number of rotatable bonds is 6. The standard InChI is InChI=1S/C20H18Cl2N6O2/c1-3-17(18-14(21)9-23-10-15(18)22)30-28-16-7-5-4-6-13(16)19(26-28)20(29)25-12-8-24-27(2)11-12/h4-11,17H,3H2,1-2H3,(H,25,29). The molecule has 1 aromatic carbocycles. The van der Waals surface area contributed by atoms with Crippen molar-refractivity contribution < 1.29 is 9.63 Å². The van der Waals surface area contributed by atoms with Gasteiger partial charge in [-0.25, -0.2) is 0 Å². The van der Waals surface area contributed by atoms with Crippen LogP contribution < -0.4 is 10.2 Å². The van der Waals surface area contributed by atoms with Gasteiger partial charge in [0.25, 0.3) is 5.91 Å². The van der Waals surface area contributed by atoms with E-state index in [0.717, 1.165) is 0 Å². The Labute approximate surface area is 182 Å². The molecule has 30 heavy (non-hydrogen) atoms. The van der Waals surface area contributed by atoms with Crippen LogP contribution in [-0.4, -0.2) is 30.6 Å². The van der Waals surface area contributed by atoms with Crippen LogP contribution >= 0.6 is 23.2 Å². The fraction of sp³-hybridized carbons (Fsp3) is 0.200. The molecule has 1 N–H and O–H groups in total. The Kier molecular flexibility index (Phi) is 5.61. The van der Waals surface area contributed by atoms with E-state index in [4.69, 9.17) is 28.0 Å². The van der Waals surface area contributed by atoms with Crippen molar-refractivity contribution in [1.29, 1.82) is 0 Å². The predicted octanol–water partition coefficient (Wildman–Crippen LogP) is 4.30. The third-order valence-corrected chi connectivity index (χ3v) is 5.15. The Balaban J connectivity index is 1.70. The maximum absolute atomic E-state index is 12.9. The molecular formula is C20H18Cl2N6O2. The zero-order valence-corrected chi connectivity index (χ0v) is 17.7. The van der Waals surface area contributed by atoms with Gasteiger partial charge in [-0.2, -0.15) is 5.10 Å². The second kappa shape index (κ2) is 8.33. The first-order valence-corrected chi connectivity index (χ1v) is 9.97. The Bertz CT molecular complexity index is 1200. The first-order valence-electron chi connectivity index (χ1n) is 9.21. The van der Waals surface area contributed by atoms with E-state index in [2.05, 4.69) is 20.5 Å². The first-order chi connectivity index (χ1) is 14.5. The average molecular weight is 445 g/mol. The van der Waals surface area contributed by atoms with E-state index in [0.29, 0.717) is 38.6 Å². The van der Waals surface area contributed by atoms with Crippen LogP contribution in [0.3, 0.4) is 0 Å². The van der Waals surface area contributed by atoms with Crippen molar-refractivity contribution in [3.8, 4) is 0 Å². The Morgan fingerprint density at radius 1 is 1.20 bits per heavy atom. The van der Waals surface area contributed by atoms with Gasteiger partial charge in [-0.15, -0.1) is 5.10 Å². The monoisotopic (exact) mass is 444 g/mol. The number of fused-ring (bicyclic) bond motifs is 1. The second-order valence-corrected chi connectivity index (χ2v) is 7.43. The van der Waals surface area contributed by atoms with Crippen LogP contribution in [0.4, 0.5) is 5.69 Å². The Morgan fingerprint density at radius 3 is 2.60 bits per heavy atom. The lowest BCUT2D eigenvalue weighted by Gasteiger charge is -2.19. The molecule has 0 aliphatic rings. The predicted molar refractivity (Wildman–Crippen MR) is 115 cm³/mol. The minimum absolute atomic E-state index is 0.233. The number of para-hydroxylation sites is 1. The third-order valence-electron chi connectivity index (χ3n) is 4.54. The average Bonchev–Trinajstić information content (AvgIpc) is 3.30. The van der Waals surface area contributed by atoms with Gasteiger partial charge in [0.15, 0.2) is 11.8 Å². The minimum Gasteiger partial charge on any atom is -0.388 e. The number of nitrogens with zero attached hydrogens (tertiary/aromatic N) is 5. The highest BCUT2D eigenvalue weighted by Gasteiger charge is 2.23. The minimum atomic E-state index is -0.481. The lowest BCUT2D eigenvalue weighted by atomic mass is 10.1. The topological polar surface area (TPSA) is 86.9 Å². The van der Waals surface area contributed by atoms with E-state index in [1.807, 2.05) is 31.2 Å². The van der Waals surface area contributed by atoms with Gasteiger partial charge in [-0.1, -0.05) is 53.2 Å². The number of carbonyl (C=O) groups is 1. The summed E-state index contributed by atoms with van der Waals surface area (Å²) >= 11 is 12.6.